The van der Waals surface area contributed by atoms with Gasteiger partial charge in [0.25, 0.3) is 0 Å². The summed E-state index contributed by atoms with van der Waals surface area (Å²) < 4.78 is 39.2. The highest BCUT2D eigenvalue weighted by Crippen LogP contribution is 2.30. The van der Waals surface area contributed by atoms with Crippen LogP contribution < -0.4 is 10.6 Å². The molecule has 2 aromatic rings. The summed E-state index contributed by atoms with van der Waals surface area (Å²) in [7, 11) is 3.83. The average Bonchev–Trinajstić information content (AvgIpc) is 2.50. The lowest BCUT2D eigenvalue weighted by Crippen LogP contribution is -2.18. The fraction of sp³-hybridized carbons (Fsp3) is 0.375. The number of nitrogens with one attached hydrogen (secondary N) is 2. The van der Waals surface area contributed by atoms with Crippen molar-refractivity contribution in [1.29, 1.82) is 0 Å². The van der Waals surface area contributed by atoms with Gasteiger partial charge in [0, 0.05) is 24.4 Å². The number of benzene rings is 1. The molecule has 1 heterocycles. The highest BCUT2D eigenvalue weighted by Gasteiger charge is 2.33. The number of anilines is 3. The van der Waals surface area contributed by atoms with Crippen molar-refractivity contribution in [2.75, 3.05) is 37.8 Å². The molecule has 25 heavy (non-hydrogen) atoms. The molecular weight excluding hydrogens is 335 g/mol. The van der Waals surface area contributed by atoms with E-state index in [4.69, 9.17) is 0 Å². The molecule has 0 saturated heterocycles. The van der Waals surface area contributed by atoms with Crippen LogP contribution in [0.15, 0.2) is 30.3 Å². The standard InChI is InChI=1S/C16H20F3N5O/c1-24(2)8-4-7-20-15-22-13(16(17,18)19)10-14(23-15)21-11-5-3-6-12(25)9-11/h3,5-6,9-10,25H,4,7-8H2,1-2H3,(H2,20,21,22,23). The van der Waals surface area contributed by atoms with Crippen LogP contribution in [0.3, 0.4) is 0 Å². The van der Waals surface area contributed by atoms with Crippen molar-refractivity contribution >= 4 is 17.5 Å². The second-order valence-electron chi connectivity index (χ2n) is 5.72. The predicted molar refractivity (Wildman–Crippen MR) is 90.1 cm³/mol. The van der Waals surface area contributed by atoms with Gasteiger partial charge in [-0.05, 0) is 39.2 Å². The maximum atomic E-state index is 13.1. The van der Waals surface area contributed by atoms with Crippen molar-refractivity contribution in [3.8, 4) is 5.75 Å². The number of hydrogen-bond donors (Lipinski definition) is 3. The molecule has 0 saturated carbocycles. The molecule has 1 aromatic heterocycles. The Morgan fingerprint density at radius 3 is 2.56 bits per heavy atom. The molecule has 0 amide bonds. The van der Waals surface area contributed by atoms with Gasteiger partial charge in [-0.1, -0.05) is 6.07 Å². The Bertz CT molecular complexity index is 706. The van der Waals surface area contributed by atoms with Crippen molar-refractivity contribution in [3.63, 3.8) is 0 Å². The van der Waals surface area contributed by atoms with Crippen molar-refractivity contribution < 1.29 is 18.3 Å². The molecule has 9 heteroatoms. The molecule has 3 N–H and O–H groups in total. The van der Waals surface area contributed by atoms with E-state index >= 15 is 0 Å². The summed E-state index contributed by atoms with van der Waals surface area (Å²) in [5.41, 5.74) is -0.620. The molecular formula is C16H20F3N5O. The molecule has 0 unspecified atom stereocenters. The topological polar surface area (TPSA) is 73.3 Å². The minimum absolute atomic E-state index is 0.00265. The first-order chi connectivity index (χ1) is 11.7. The Morgan fingerprint density at radius 1 is 1.16 bits per heavy atom. The Morgan fingerprint density at radius 2 is 1.92 bits per heavy atom. The third kappa shape index (κ3) is 6.11. The molecule has 0 radical (unpaired) electrons. The van der Waals surface area contributed by atoms with Crippen LogP contribution in [0.1, 0.15) is 12.1 Å². The van der Waals surface area contributed by atoms with Crippen LogP contribution in [-0.4, -0.2) is 47.2 Å². The van der Waals surface area contributed by atoms with Gasteiger partial charge in [-0.3, -0.25) is 0 Å². The van der Waals surface area contributed by atoms with E-state index < -0.39 is 11.9 Å². The van der Waals surface area contributed by atoms with Gasteiger partial charge in [-0.25, -0.2) is 4.98 Å². The van der Waals surface area contributed by atoms with Crippen molar-refractivity contribution in [2.24, 2.45) is 0 Å². The number of nitrogens with zero attached hydrogens (tertiary/aromatic N) is 3. The average molecular weight is 355 g/mol. The van der Waals surface area contributed by atoms with E-state index in [9.17, 15) is 18.3 Å². The first-order valence-electron chi connectivity index (χ1n) is 7.65. The summed E-state index contributed by atoms with van der Waals surface area (Å²) in [6.45, 7) is 1.24. The molecule has 0 spiro atoms. The molecule has 0 aliphatic heterocycles. The number of phenolic OH excluding ortho intramolecular Hbond substituents is 1. The van der Waals surface area contributed by atoms with Crippen LogP contribution in [0.4, 0.5) is 30.6 Å². The maximum absolute atomic E-state index is 13.1. The second-order valence-corrected chi connectivity index (χ2v) is 5.72. The highest BCUT2D eigenvalue weighted by molar-refractivity contribution is 5.59. The number of phenols is 1. The predicted octanol–water partition coefficient (Wildman–Crippen LogP) is 3.31. The normalized spacial score (nSPS) is 11.6. The summed E-state index contributed by atoms with van der Waals surface area (Å²) in [6.07, 6.45) is -3.85. The van der Waals surface area contributed by atoms with Gasteiger partial charge >= 0.3 is 6.18 Å². The van der Waals surface area contributed by atoms with Crippen LogP contribution in [0, 0.1) is 0 Å². The summed E-state index contributed by atoms with van der Waals surface area (Å²) in [5, 5.41) is 15.0. The molecule has 6 nitrogen and oxygen atoms in total. The number of aromatic nitrogens is 2. The minimum atomic E-state index is -4.59. The zero-order chi connectivity index (χ0) is 18.4. The van der Waals surface area contributed by atoms with Crippen molar-refractivity contribution in [3.05, 3.63) is 36.0 Å². The van der Waals surface area contributed by atoms with E-state index in [2.05, 4.69) is 20.6 Å². The first-order valence-corrected chi connectivity index (χ1v) is 7.65. The van der Waals surface area contributed by atoms with E-state index in [0.717, 1.165) is 19.0 Å². The van der Waals surface area contributed by atoms with Gasteiger partial charge in [0.15, 0.2) is 5.69 Å². The third-order valence-corrected chi connectivity index (χ3v) is 3.20. The third-order valence-electron chi connectivity index (χ3n) is 3.20. The number of rotatable bonds is 7. The molecule has 0 aliphatic carbocycles. The van der Waals surface area contributed by atoms with Crippen LogP contribution in [0.25, 0.3) is 0 Å². The van der Waals surface area contributed by atoms with E-state index in [1.165, 1.54) is 12.1 Å². The first kappa shape index (κ1) is 18.8. The Kier molecular flexibility index (Phi) is 6.02. The molecule has 1 aromatic carbocycles. The number of alkyl halides is 3. The summed E-state index contributed by atoms with van der Waals surface area (Å²) >= 11 is 0. The van der Waals surface area contributed by atoms with Gasteiger partial charge in [0.05, 0.1) is 0 Å². The van der Waals surface area contributed by atoms with Crippen LogP contribution >= 0.6 is 0 Å². The van der Waals surface area contributed by atoms with E-state index in [1.807, 2.05) is 19.0 Å². The van der Waals surface area contributed by atoms with Gasteiger partial charge in [-0.15, -0.1) is 0 Å². The molecule has 0 fully saturated rings. The summed E-state index contributed by atoms with van der Waals surface area (Å²) in [6, 6.07) is 6.86. The van der Waals surface area contributed by atoms with Crippen LogP contribution in [-0.2, 0) is 6.18 Å². The zero-order valence-corrected chi connectivity index (χ0v) is 13.9. The fourth-order valence-electron chi connectivity index (χ4n) is 2.06. The monoisotopic (exact) mass is 355 g/mol. The second kappa shape index (κ2) is 8.02. The minimum Gasteiger partial charge on any atom is -0.508 e. The van der Waals surface area contributed by atoms with Crippen LogP contribution in [0.5, 0.6) is 5.75 Å². The Labute approximate surface area is 143 Å². The molecule has 2 rings (SSSR count). The van der Waals surface area contributed by atoms with Gasteiger partial charge in [0.2, 0.25) is 5.95 Å². The molecule has 0 aliphatic rings. The van der Waals surface area contributed by atoms with Gasteiger partial charge in [-0.2, -0.15) is 18.2 Å². The number of halogens is 3. The quantitative estimate of drug-likeness (QED) is 0.662. The molecule has 0 bridgehead atoms. The summed E-state index contributed by atoms with van der Waals surface area (Å²) in [5.74, 6) is -0.114. The molecule has 0 atom stereocenters. The Hall–Kier alpha value is -2.55. The van der Waals surface area contributed by atoms with E-state index in [-0.39, 0.29) is 17.5 Å². The largest absolute Gasteiger partial charge is 0.508 e. The molecule has 136 valence electrons. The maximum Gasteiger partial charge on any atom is 0.433 e. The smallest absolute Gasteiger partial charge is 0.433 e. The SMILES string of the molecule is CN(C)CCCNc1nc(Nc2cccc(O)c2)cc(C(F)(F)F)n1. The fourth-order valence-corrected chi connectivity index (χ4v) is 2.06. The lowest BCUT2D eigenvalue weighted by atomic mass is 10.3. The number of hydrogen-bond acceptors (Lipinski definition) is 6. The lowest BCUT2D eigenvalue weighted by Gasteiger charge is -2.14. The van der Waals surface area contributed by atoms with Crippen molar-refractivity contribution in [1.82, 2.24) is 14.9 Å². The van der Waals surface area contributed by atoms with E-state index in [0.29, 0.717) is 12.2 Å². The highest BCUT2D eigenvalue weighted by atomic mass is 19.4. The Balaban J connectivity index is 2.18. The van der Waals surface area contributed by atoms with E-state index in [1.54, 1.807) is 12.1 Å². The van der Waals surface area contributed by atoms with Gasteiger partial charge < -0.3 is 20.6 Å². The number of aromatic hydroxyl groups is 1. The van der Waals surface area contributed by atoms with Crippen molar-refractivity contribution in [2.45, 2.75) is 12.6 Å². The summed E-state index contributed by atoms with van der Waals surface area (Å²) in [4.78, 5) is 9.57. The zero-order valence-electron chi connectivity index (χ0n) is 13.9. The lowest BCUT2D eigenvalue weighted by molar-refractivity contribution is -0.141. The van der Waals surface area contributed by atoms with Crippen LogP contribution in [0.2, 0.25) is 0 Å². The van der Waals surface area contributed by atoms with Gasteiger partial charge in [0.1, 0.15) is 11.6 Å².